The molecule has 1 fully saturated rings. The summed E-state index contributed by atoms with van der Waals surface area (Å²) in [5.74, 6) is 0.276. The Labute approximate surface area is 147 Å². The van der Waals surface area contributed by atoms with Gasteiger partial charge in [-0.3, -0.25) is 9.69 Å². The van der Waals surface area contributed by atoms with Crippen molar-refractivity contribution in [3.8, 4) is 0 Å². The van der Waals surface area contributed by atoms with Gasteiger partial charge in [-0.2, -0.15) is 0 Å². The van der Waals surface area contributed by atoms with Crippen LogP contribution in [0.1, 0.15) is 46.2 Å². The predicted molar refractivity (Wildman–Crippen MR) is 94.4 cm³/mol. The van der Waals surface area contributed by atoms with Crippen molar-refractivity contribution >= 4 is 5.91 Å². The molecule has 1 aliphatic heterocycles. The molecule has 0 radical (unpaired) electrons. The number of rotatable bonds is 3. The summed E-state index contributed by atoms with van der Waals surface area (Å²) in [7, 11) is 0. The van der Waals surface area contributed by atoms with Gasteiger partial charge in [-0.15, -0.1) is 0 Å². The normalized spacial score (nSPS) is 24.2. The SMILES string of the molecule is Cc1ccoc1C(=O)NC1CCN([C@H]2Cc3ccccc3[C@@H]2O)CC1. The lowest BCUT2D eigenvalue weighted by Gasteiger charge is -2.37. The number of nitrogens with one attached hydrogen (secondary N) is 1. The number of hydrogen-bond donors (Lipinski definition) is 2. The van der Waals surface area contributed by atoms with Crippen LogP contribution in [0, 0.1) is 6.92 Å². The van der Waals surface area contributed by atoms with Gasteiger partial charge < -0.3 is 14.8 Å². The highest BCUT2D eigenvalue weighted by Crippen LogP contribution is 2.35. The first-order chi connectivity index (χ1) is 12.1. The molecule has 0 bridgehead atoms. The molecule has 0 saturated carbocycles. The van der Waals surface area contributed by atoms with E-state index in [0.717, 1.165) is 43.5 Å². The maximum Gasteiger partial charge on any atom is 0.287 e. The zero-order chi connectivity index (χ0) is 17.4. The van der Waals surface area contributed by atoms with E-state index in [2.05, 4.69) is 16.3 Å². The predicted octanol–water partition coefficient (Wildman–Crippen LogP) is 2.44. The minimum Gasteiger partial charge on any atom is -0.459 e. The minimum absolute atomic E-state index is 0.130. The Morgan fingerprint density at radius 2 is 2.00 bits per heavy atom. The quantitative estimate of drug-likeness (QED) is 0.901. The number of benzene rings is 1. The Morgan fingerprint density at radius 1 is 1.24 bits per heavy atom. The number of likely N-dealkylation sites (tertiary alicyclic amines) is 1. The van der Waals surface area contributed by atoms with Crippen molar-refractivity contribution in [3.63, 3.8) is 0 Å². The Balaban J connectivity index is 1.33. The van der Waals surface area contributed by atoms with Crippen molar-refractivity contribution in [2.75, 3.05) is 13.1 Å². The van der Waals surface area contributed by atoms with Gasteiger partial charge in [0.2, 0.25) is 0 Å². The fourth-order valence-corrected chi connectivity index (χ4v) is 4.11. The van der Waals surface area contributed by atoms with Crippen molar-refractivity contribution in [3.05, 3.63) is 59.0 Å². The molecule has 25 heavy (non-hydrogen) atoms. The van der Waals surface area contributed by atoms with Crippen molar-refractivity contribution in [1.29, 1.82) is 0 Å². The average molecular weight is 340 g/mol. The zero-order valence-corrected chi connectivity index (χ0v) is 14.4. The third-order valence-electron chi connectivity index (χ3n) is 5.57. The smallest absolute Gasteiger partial charge is 0.287 e. The molecule has 132 valence electrons. The molecule has 2 aliphatic rings. The van der Waals surface area contributed by atoms with Gasteiger partial charge >= 0.3 is 0 Å². The second kappa shape index (κ2) is 6.65. The molecule has 0 spiro atoms. The van der Waals surface area contributed by atoms with E-state index in [1.165, 1.54) is 5.56 Å². The summed E-state index contributed by atoms with van der Waals surface area (Å²) < 4.78 is 5.26. The maximum atomic E-state index is 12.3. The lowest BCUT2D eigenvalue weighted by atomic mass is 10.0. The highest BCUT2D eigenvalue weighted by atomic mass is 16.3. The topological polar surface area (TPSA) is 65.7 Å². The highest BCUT2D eigenvalue weighted by molar-refractivity contribution is 5.92. The van der Waals surface area contributed by atoms with Gasteiger partial charge in [0.15, 0.2) is 5.76 Å². The van der Waals surface area contributed by atoms with Gasteiger partial charge in [-0.1, -0.05) is 24.3 Å². The number of carbonyl (C=O) groups excluding carboxylic acids is 1. The van der Waals surface area contributed by atoms with Crippen LogP contribution in [0.25, 0.3) is 0 Å². The number of aliphatic hydroxyl groups is 1. The van der Waals surface area contributed by atoms with Crippen LogP contribution in [0.2, 0.25) is 0 Å². The highest BCUT2D eigenvalue weighted by Gasteiger charge is 2.36. The van der Waals surface area contributed by atoms with Crippen LogP contribution >= 0.6 is 0 Å². The van der Waals surface area contributed by atoms with E-state index in [4.69, 9.17) is 4.42 Å². The van der Waals surface area contributed by atoms with E-state index < -0.39 is 6.10 Å². The molecule has 1 saturated heterocycles. The standard InChI is InChI=1S/C20H24N2O3/c1-13-8-11-25-19(13)20(24)21-15-6-9-22(10-7-15)17-12-14-4-2-3-5-16(14)18(17)23/h2-5,8,11,15,17-18,23H,6-7,9-10,12H2,1H3,(H,21,24)/t17-,18-/m0/s1. The third-order valence-corrected chi connectivity index (χ3v) is 5.57. The van der Waals surface area contributed by atoms with Crippen molar-refractivity contribution in [2.24, 2.45) is 0 Å². The van der Waals surface area contributed by atoms with Crippen molar-refractivity contribution < 1.29 is 14.3 Å². The monoisotopic (exact) mass is 340 g/mol. The second-order valence-corrected chi connectivity index (χ2v) is 7.13. The molecule has 2 heterocycles. The summed E-state index contributed by atoms with van der Waals surface area (Å²) >= 11 is 0. The van der Waals surface area contributed by atoms with Crippen molar-refractivity contribution in [2.45, 2.75) is 44.4 Å². The maximum absolute atomic E-state index is 12.3. The number of piperidine rings is 1. The molecule has 2 N–H and O–H groups in total. The summed E-state index contributed by atoms with van der Waals surface area (Å²) in [6, 6.07) is 10.3. The summed E-state index contributed by atoms with van der Waals surface area (Å²) in [6.07, 6.45) is 3.83. The molecule has 1 amide bonds. The van der Waals surface area contributed by atoms with E-state index >= 15 is 0 Å². The molecular formula is C20H24N2O3. The lowest BCUT2D eigenvalue weighted by molar-refractivity contribution is 0.0425. The average Bonchev–Trinajstić information content (AvgIpc) is 3.20. The molecular weight excluding hydrogens is 316 g/mol. The Kier molecular flexibility index (Phi) is 4.36. The first kappa shape index (κ1) is 16.4. The fraction of sp³-hybridized carbons (Fsp3) is 0.450. The van der Waals surface area contributed by atoms with E-state index in [1.807, 2.05) is 25.1 Å². The number of nitrogens with zero attached hydrogens (tertiary/aromatic N) is 1. The number of fused-ring (bicyclic) bond motifs is 1. The molecule has 1 aromatic heterocycles. The zero-order valence-electron chi connectivity index (χ0n) is 14.4. The Morgan fingerprint density at radius 3 is 2.68 bits per heavy atom. The van der Waals surface area contributed by atoms with Gasteiger partial charge in [-0.05, 0) is 43.4 Å². The fourth-order valence-electron chi connectivity index (χ4n) is 4.11. The molecule has 1 aliphatic carbocycles. The van der Waals surface area contributed by atoms with Gasteiger partial charge in [0.05, 0.1) is 12.4 Å². The Hall–Kier alpha value is -2.11. The van der Waals surface area contributed by atoms with Crippen molar-refractivity contribution in [1.82, 2.24) is 10.2 Å². The van der Waals surface area contributed by atoms with Crippen LogP contribution in [0.5, 0.6) is 0 Å². The number of carbonyl (C=O) groups is 1. The van der Waals surface area contributed by atoms with Crippen LogP contribution in [0.4, 0.5) is 0 Å². The summed E-state index contributed by atoms with van der Waals surface area (Å²) in [6.45, 7) is 3.65. The summed E-state index contributed by atoms with van der Waals surface area (Å²) in [5.41, 5.74) is 3.18. The number of aryl methyl sites for hydroxylation is 1. The first-order valence-corrected chi connectivity index (χ1v) is 8.98. The van der Waals surface area contributed by atoms with Crippen LogP contribution in [-0.4, -0.2) is 41.1 Å². The number of furan rings is 1. The first-order valence-electron chi connectivity index (χ1n) is 8.98. The minimum atomic E-state index is -0.409. The molecule has 1 aromatic carbocycles. The van der Waals surface area contributed by atoms with E-state index in [1.54, 1.807) is 12.3 Å². The van der Waals surface area contributed by atoms with E-state index in [-0.39, 0.29) is 18.0 Å². The van der Waals surface area contributed by atoms with Crippen LogP contribution in [-0.2, 0) is 6.42 Å². The largest absolute Gasteiger partial charge is 0.459 e. The molecule has 4 rings (SSSR count). The second-order valence-electron chi connectivity index (χ2n) is 7.13. The summed E-state index contributed by atoms with van der Waals surface area (Å²) in [5, 5.41) is 13.7. The van der Waals surface area contributed by atoms with E-state index in [9.17, 15) is 9.90 Å². The van der Waals surface area contributed by atoms with Gasteiger partial charge in [-0.25, -0.2) is 0 Å². The molecule has 0 unspecified atom stereocenters. The van der Waals surface area contributed by atoms with Gasteiger partial charge in [0.1, 0.15) is 0 Å². The van der Waals surface area contributed by atoms with E-state index in [0.29, 0.717) is 5.76 Å². The van der Waals surface area contributed by atoms with Gasteiger partial charge in [0.25, 0.3) is 5.91 Å². The number of aliphatic hydroxyl groups excluding tert-OH is 1. The number of amides is 1. The van der Waals surface area contributed by atoms with Crippen LogP contribution < -0.4 is 5.32 Å². The lowest BCUT2D eigenvalue weighted by Crippen LogP contribution is -2.49. The molecule has 5 nitrogen and oxygen atoms in total. The number of hydrogen-bond acceptors (Lipinski definition) is 4. The van der Waals surface area contributed by atoms with Gasteiger partial charge in [0, 0.05) is 30.7 Å². The molecule has 5 heteroatoms. The van der Waals surface area contributed by atoms with Crippen LogP contribution in [0.15, 0.2) is 41.0 Å². The van der Waals surface area contributed by atoms with Crippen LogP contribution in [0.3, 0.4) is 0 Å². The summed E-state index contributed by atoms with van der Waals surface area (Å²) in [4.78, 5) is 14.6. The molecule has 2 aromatic rings. The third kappa shape index (κ3) is 3.10. The molecule has 2 atom stereocenters. The Bertz CT molecular complexity index is 762.